The smallest absolute Gasteiger partial charge is 0.320 e. The van der Waals surface area contributed by atoms with Gasteiger partial charge in [-0.05, 0) is 19.8 Å². The Hall–Kier alpha value is -0.610. The van der Waals surface area contributed by atoms with E-state index in [0.29, 0.717) is 13.2 Å². The summed E-state index contributed by atoms with van der Waals surface area (Å²) in [5.41, 5.74) is 0. The summed E-state index contributed by atoms with van der Waals surface area (Å²) in [7, 11) is 0. The average molecular weight is 270 g/mol. The van der Waals surface area contributed by atoms with Crippen molar-refractivity contribution < 1.29 is 9.53 Å². The lowest BCUT2D eigenvalue weighted by Gasteiger charge is -2.39. The van der Waals surface area contributed by atoms with Gasteiger partial charge in [0.25, 0.3) is 0 Å². The van der Waals surface area contributed by atoms with Gasteiger partial charge in [0.05, 0.1) is 13.2 Å². The molecule has 0 aromatic heterocycles. The van der Waals surface area contributed by atoms with E-state index in [1.807, 2.05) is 6.92 Å². The van der Waals surface area contributed by atoms with Crippen LogP contribution in [0.1, 0.15) is 46.5 Å². The average Bonchev–Trinajstić information content (AvgIpc) is 2.40. The maximum atomic E-state index is 11.5. The van der Waals surface area contributed by atoms with E-state index in [0.717, 1.165) is 32.2 Å². The number of nitrogens with zero attached hydrogens (tertiary/aromatic N) is 2. The molecule has 1 rings (SSSR count). The highest BCUT2D eigenvalue weighted by Crippen LogP contribution is 2.15. The number of carbonyl (C=O) groups excluding carboxylic acids is 1. The molecular formula is C15H30N2O2. The van der Waals surface area contributed by atoms with Crippen LogP contribution in [0.25, 0.3) is 0 Å². The molecule has 112 valence electrons. The van der Waals surface area contributed by atoms with Gasteiger partial charge >= 0.3 is 5.97 Å². The van der Waals surface area contributed by atoms with E-state index in [2.05, 4.69) is 23.6 Å². The summed E-state index contributed by atoms with van der Waals surface area (Å²) in [5.74, 6) is -0.0883. The first-order valence-corrected chi connectivity index (χ1v) is 7.83. The Morgan fingerprint density at radius 1 is 1.05 bits per heavy atom. The molecule has 0 unspecified atom stereocenters. The summed E-state index contributed by atoms with van der Waals surface area (Å²) >= 11 is 0. The Kier molecular flexibility index (Phi) is 8.07. The summed E-state index contributed by atoms with van der Waals surface area (Å²) in [4.78, 5) is 16.3. The van der Waals surface area contributed by atoms with Crippen molar-refractivity contribution in [2.45, 2.75) is 52.5 Å². The Balaban J connectivity index is 2.32. The predicted octanol–water partition coefficient (Wildman–Crippen LogP) is 2.14. The second-order valence-electron chi connectivity index (χ2n) is 5.35. The predicted molar refractivity (Wildman–Crippen MR) is 78.3 cm³/mol. The Bertz CT molecular complexity index is 245. The van der Waals surface area contributed by atoms with Crippen molar-refractivity contribution in [1.29, 1.82) is 0 Å². The minimum Gasteiger partial charge on any atom is -0.465 e. The molecule has 4 nitrogen and oxygen atoms in total. The second-order valence-corrected chi connectivity index (χ2v) is 5.35. The number of carbonyl (C=O) groups is 1. The molecule has 0 saturated carbocycles. The molecule has 1 aliphatic heterocycles. The molecule has 1 fully saturated rings. The summed E-state index contributed by atoms with van der Waals surface area (Å²) in [5, 5.41) is 0. The van der Waals surface area contributed by atoms with Crippen LogP contribution in [0.4, 0.5) is 0 Å². The largest absolute Gasteiger partial charge is 0.465 e. The van der Waals surface area contributed by atoms with Gasteiger partial charge in [-0.25, -0.2) is 0 Å². The Morgan fingerprint density at radius 3 is 2.11 bits per heavy atom. The van der Waals surface area contributed by atoms with Gasteiger partial charge in [0.1, 0.15) is 0 Å². The SMILES string of the molecule is CCCC(CCC)N1CCN(CC(=O)OCC)CC1. The minimum absolute atomic E-state index is 0.0883. The normalized spacial score (nSPS) is 17.9. The van der Waals surface area contributed by atoms with Crippen LogP contribution in [0.15, 0.2) is 0 Å². The van der Waals surface area contributed by atoms with Gasteiger partial charge in [0.15, 0.2) is 0 Å². The van der Waals surface area contributed by atoms with Crippen LogP contribution >= 0.6 is 0 Å². The van der Waals surface area contributed by atoms with Crippen molar-refractivity contribution in [2.24, 2.45) is 0 Å². The van der Waals surface area contributed by atoms with E-state index < -0.39 is 0 Å². The van der Waals surface area contributed by atoms with Crippen molar-refractivity contribution in [2.75, 3.05) is 39.3 Å². The first-order chi connectivity index (χ1) is 9.21. The molecule has 0 aliphatic carbocycles. The second kappa shape index (κ2) is 9.32. The lowest BCUT2D eigenvalue weighted by atomic mass is 10.0. The van der Waals surface area contributed by atoms with Crippen LogP contribution in [0.2, 0.25) is 0 Å². The van der Waals surface area contributed by atoms with Crippen LogP contribution in [-0.2, 0) is 9.53 Å². The maximum absolute atomic E-state index is 11.5. The Labute approximate surface area is 118 Å². The zero-order chi connectivity index (χ0) is 14.1. The van der Waals surface area contributed by atoms with Gasteiger partial charge in [-0.2, -0.15) is 0 Å². The number of ether oxygens (including phenoxy) is 1. The highest BCUT2D eigenvalue weighted by atomic mass is 16.5. The van der Waals surface area contributed by atoms with Gasteiger partial charge in [0.2, 0.25) is 0 Å². The van der Waals surface area contributed by atoms with E-state index in [4.69, 9.17) is 4.74 Å². The zero-order valence-electron chi connectivity index (χ0n) is 12.9. The lowest BCUT2D eigenvalue weighted by Crippen LogP contribution is -2.51. The summed E-state index contributed by atoms with van der Waals surface area (Å²) < 4.78 is 5.00. The van der Waals surface area contributed by atoms with Crippen molar-refractivity contribution >= 4 is 5.97 Å². The highest BCUT2D eigenvalue weighted by Gasteiger charge is 2.23. The fraction of sp³-hybridized carbons (Fsp3) is 0.933. The molecule has 0 aromatic carbocycles. The van der Waals surface area contributed by atoms with Crippen molar-refractivity contribution in [3.05, 3.63) is 0 Å². The quantitative estimate of drug-likeness (QED) is 0.633. The summed E-state index contributed by atoms with van der Waals surface area (Å²) in [6.07, 6.45) is 5.11. The number of hydrogen-bond donors (Lipinski definition) is 0. The van der Waals surface area contributed by atoms with Crippen molar-refractivity contribution in [1.82, 2.24) is 9.80 Å². The van der Waals surface area contributed by atoms with Crippen LogP contribution in [0.5, 0.6) is 0 Å². The fourth-order valence-electron chi connectivity index (χ4n) is 2.85. The van der Waals surface area contributed by atoms with Crippen molar-refractivity contribution in [3.63, 3.8) is 0 Å². The summed E-state index contributed by atoms with van der Waals surface area (Å²) in [6, 6.07) is 0.736. The molecule has 0 atom stereocenters. The first-order valence-electron chi connectivity index (χ1n) is 7.83. The zero-order valence-corrected chi connectivity index (χ0v) is 12.9. The standard InChI is InChI=1S/C15H30N2O2/c1-4-7-14(8-5-2)17-11-9-16(10-12-17)13-15(18)19-6-3/h14H,4-13H2,1-3H3. The molecule has 1 saturated heterocycles. The van der Waals surface area contributed by atoms with Gasteiger partial charge in [-0.1, -0.05) is 26.7 Å². The summed E-state index contributed by atoms with van der Waals surface area (Å²) in [6.45, 7) is 11.5. The van der Waals surface area contributed by atoms with Crippen LogP contribution < -0.4 is 0 Å². The molecule has 0 aromatic rings. The monoisotopic (exact) mass is 270 g/mol. The highest BCUT2D eigenvalue weighted by molar-refractivity contribution is 5.71. The van der Waals surface area contributed by atoms with Crippen LogP contribution in [0.3, 0.4) is 0 Å². The van der Waals surface area contributed by atoms with E-state index in [1.54, 1.807) is 0 Å². The maximum Gasteiger partial charge on any atom is 0.320 e. The van der Waals surface area contributed by atoms with Gasteiger partial charge in [0, 0.05) is 32.2 Å². The number of hydrogen-bond acceptors (Lipinski definition) is 4. The fourth-order valence-corrected chi connectivity index (χ4v) is 2.85. The number of rotatable bonds is 8. The molecule has 4 heteroatoms. The molecule has 0 radical (unpaired) electrons. The molecule has 19 heavy (non-hydrogen) atoms. The van der Waals surface area contributed by atoms with Crippen LogP contribution in [0, 0.1) is 0 Å². The molecule has 0 spiro atoms. The van der Waals surface area contributed by atoms with E-state index in [1.165, 1.54) is 25.7 Å². The minimum atomic E-state index is -0.0883. The third-order valence-corrected chi connectivity index (χ3v) is 3.83. The third kappa shape index (κ3) is 5.91. The molecule has 0 bridgehead atoms. The molecule has 0 N–H and O–H groups in total. The lowest BCUT2D eigenvalue weighted by molar-refractivity contribution is -0.144. The van der Waals surface area contributed by atoms with E-state index in [-0.39, 0.29) is 5.97 Å². The molecule has 1 aliphatic rings. The topological polar surface area (TPSA) is 32.8 Å². The molecule has 1 heterocycles. The van der Waals surface area contributed by atoms with E-state index in [9.17, 15) is 4.79 Å². The van der Waals surface area contributed by atoms with Crippen LogP contribution in [-0.4, -0.2) is 61.1 Å². The number of piperazine rings is 1. The Morgan fingerprint density at radius 2 is 1.63 bits per heavy atom. The van der Waals surface area contributed by atoms with Crippen molar-refractivity contribution in [3.8, 4) is 0 Å². The number of esters is 1. The van der Waals surface area contributed by atoms with Gasteiger partial charge in [-0.3, -0.25) is 14.6 Å². The van der Waals surface area contributed by atoms with E-state index >= 15 is 0 Å². The molecule has 0 amide bonds. The third-order valence-electron chi connectivity index (χ3n) is 3.83. The first kappa shape index (κ1) is 16.4. The van der Waals surface area contributed by atoms with Gasteiger partial charge < -0.3 is 4.74 Å². The molecular weight excluding hydrogens is 240 g/mol. The van der Waals surface area contributed by atoms with Gasteiger partial charge in [-0.15, -0.1) is 0 Å².